The molecule has 0 aromatic rings. The Kier molecular flexibility index (Phi) is 3.03. The van der Waals surface area contributed by atoms with Crippen LogP contribution in [0, 0.1) is 5.92 Å². The van der Waals surface area contributed by atoms with Crippen molar-refractivity contribution in [3.8, 4) is 0 Å². The van der Waals surface area contributed by atoms with Crippen LogP contribution in [-0.2, 0) is 4.79 Å². The highest BCUT2D eigenvalue weighted by Crippen LogP contribution is 2.27. The van der Waals surface area contributed by atoms with Crippen molar-refractivity contribution in [3.63, 3.8) is 0 Å². The van der Waals surface area contributed by atoms with Gasteiger partial charge in [0.25, 0.3) is 0 Å². The predicted octanol–water partition coefficient (Wildman–Crippen LogP) is -0.454. The Bertz CT molecular complexity index is 215. The van der Waals surface area contributed by atoms with Gasteiger partial charge in [-0.25, -0.2) is 0 Å². The molecule has 14 heavy (non-hydrogen) atoms. The van der Waals surface area contributed by atoms with Gasteiger partial charge in [0.1, 0.15) is 0 Å². The van der Waals surface area contributed by atoms with Crippen LogP contribution >= 0.6 is 0 Å². The lowest BCUT2D eigenvalue weighted by atomic mass is 10.3. The minimum Gasteiger partial charge on any atom is -0.355 e. The molecule has 1 aliphatic carbocycles. The van der Waals surface area contributed by atoms with E-state index in [-0.39, 0.29) is 11.9 Å². The van der Waals surface area contributed by atoms with Crippen LogP contribution in [0.2, 0.25) is 0 Å². The molecule has 0 aromatic heterocycles. The molecule has 1 heterocycles. The molecule has 80 valence electrons. The standard InChI is InChI=1S/C10H19N3O/c11-9-3-4-13(6-9)7-10(14)12-5-8-1-2-8/h8-9H,1-7,11H2,(H,12,14)/t9-/m1/s1. The zero-order chi connectivity index (χ0) is 9.97. The second kappa shape index (κ2) is 4.28. The average Bonchev–Trinajstić information content (AvgIpc) is 2.88. The first kappa shape index (κ1) is 9.93. The fourth-order valence-electron chi connectivity index (χ4n) is 1.85. The predicted molar refractivity (Wildman–Crippen MR) is 54.8 cm³/mol. The topological polar surface area (TPSA) is 58.4 Å². The van der Waals surface area contributed by atoms with Crippen LogP contribution in [0.4, 0.5) is 0 Å². The third kappa shape index (κ3) is 2.96. The van der Waals surface area contributed by atoms with E-state index in [0.717, 1.165) is 32.0 Å². The van der Waals surface area contributed by atoms with Gasteiger partial charge >= 0.3 is 0 Å². The Morgan fingerprint density at radius 2 is 2.21 bits per heavy atom. The fourth-order valence-corrected chi connectivity index (χ4v) is 1.85. The van der Waals surface area contributed by atoms with Crippen molar-refractivity contribution in [2.45, 2.75) is 25.3 Å². The number of hydrogen-bond donors (Lipinski definition) is 2. The van der Waals surface area contributed by atoms with E-state index in [0.29, 0.717) is 6.54 Å². The van der Waals surface area contributed by atoms with E-state index in [1.165, 1.54) is 12.8 Å². The summed E-state index contributed by atoms with van der Waals surface area (Å²) in [5, 5.41) is 2.96. The number of hydrogen-bond acceptors (Lipinski definition) is 3. The van der Waals surface area contributed by atoms with E-state index in [4.69, 9.17) is 5.73 Å². The summed E-state index contributed by atoms with van der Waals surface area (Å²) in [5.74, 6) is 0.922. The minimum absolute atomic E-state index is 0.158. The van der Waals surface area contributed by atoms with Gasteiger partial charge in [-0.1, -0.05) is 0 Å². The molecule has 0 unspecified atom stereocenters. The third-order valence-electron chi connectivity index (χ3n) is 2.96. The molecular formula is C10H19N3O. The smallest absolute Gasteiger partial charge is 0.234 e. The van der Waals surface area contributed by atoms with E-state index in [9.17, 15) is 4.79 Å². The van der Waals surface area contributed by atoms with Gasteiger partial charge in [-0.15, -0.1) is 0 Å². The number of likely N-dealkylation sites (tertiary alicyclic amines) is 1. The normalized spacial score (nSPS) is 27.9. The monoisotopic (exact) mass is 197 g/mol. The molecule has 1 amide bonds. The fraction of sp³-hybridized carbons (Fsp3) is 0.900. The van der Waals surface area contributed by atoms with Crippen molar-refractivity contribution in [2.24, 2.45) is 11.7 Å². The maximum absolute atomic E-state index is 11.4. The molecule has 0 bridgehead atoms. The molecule has 0 spiro atoms. The Balaban J connectivity index is 1.61. The van der Waals surface area contributed by atoms with Gasteiger partial charge in [0.15, 0.2) is 0 Å². The first-order valence-electron chi connectivity index (χ1n) is 5.48. The molecule has 1 saturated heterocycles. The van der Waals surface area contributed by atoms with Crippen molar-refractivity contribution >= 4 is 5.91 Å². The summed E-state index contributed by atoms with van der Waals surface area (Å²) in [6.45, 7) is 3.24. The molecule has 3 N–H and O–H groups in total. The molecule has 1 saturated carbocycles. The molecule has 0 radical (unpaired) electrons. The van der Waals surface area contributed by atoms with E-state index in [1.807, 2.05) is 0 Å². The Morgan fingerprint density at radius 3 is 2.79 bits per heavy atom. The maximum Gasteiger partial charge on any atom is 0.234 e. The average molecular weight is 197 g/mol. The van der Waals surface area contributed by atoms with Gasteiger partial charge in [0.2, 0.25) is 5.91 Å². The first-order valence-corrected chi connectivity index (χ1v) is 5.48. The SMILES string of the molecule is N[C@@H]1CCN(CC(=O)NCC2CC2)C1. The van der Waals surface area contributed by atoms with E-state index in [2.05, 4.69) is 10.2 Å². The van der Waals surface area contributed by atoms with Crippen LogP contribution in [0.3, 0.4) is 0 Å². The van der Waals surface area contributed by atoms with Crippen LogP contribution < -0.4 is 11.1 Å². The van der Waals surface area contributed by atoms with Gasteiger partial charge < -0.3 is 11.1 Å². The summed E-state index contributed by atoms with van der Waals surface area (Å²) in [6.07, 6.45) is 3.60. The van der Waals surface area contributed by atoms with E-state index in [1.54, 1.807) is 0 Å². The Morgan fingerprint density at radius 1 is 1.43 bits per heavy atom. The Labute approximate surface area is 84.8 Å². The molecule has 1 atom stereocenters. The van der Waals surface area contributed by atoms with Gasteiger partial charge in [-0.2, -0.15) is 0 Å². The second-order valence-electron chi connectivity index (χ2n) is 4.53. The highest BCUT2D eigenvalue weighted by atomic mass is 16.2. The van der Waals surface area contributed by atoms with Gasteiger partial charge in [0.05, 0.1) is 6.54 Å². The summed E-state index contributed by atoms with van der Waals surface area (Å²) in [4.78, 5) is 13.6. The van der Waals surface area contributed by atoms with Crippen molar-refractivity contribution < 1.29 is 4.79 Å². The van der Waals surface area contributed by atoms with Gasteiger partial charge in [-0.05, 0) is 25.2 Å². The number of rotatable bonds is 4. The summed E-state index contributed by atoms with van der Waals surface area (Å²) < 4.78 is 0. The van der Waals surface area contributed by atoms with Crippen molar-refractivity contribution in [2.75, 3.05) is 26.2 Å². The molecule has 2 aliphatic rings. The molecule has 2 rings (SSSR count). The van der Waals surface area contributed by atoms with Crippen LogP contribution in [-0.4, -0.2) is 43.0 Å². The highest BCUT2D eigenvalue weighted by molar-refractivity contribution is 5.78. The van der Waals surface area contributed by atoms with Gasteiger partial charge in [-0.3, -0.25) is 9.69 Å². The molecular weight excluding hydrogens is 178 g/mol. The van der Waals surface area contributed by atoms with E-state index < -0.39 is 0 Å². The summed E-state index contributed by atoms with van der Waals surface area (Å²) in [7, 11) is 0. The summed E-state index contributed by atoms with van der Waals surface area (Å²) in [5.41, 5.74) is 5.76. The molecule has 2 fully saturated rings. The van der Waals surface area contributed by atoms with Gasteiger partial charge in [0, 0.05) is 25.7 Å². The minimum atomic E-state index is 0.158. The van der Waals surface area contributed by atoms with E-state index >= 15 is 0 Å². The van der Waals surface area contributed by atoms with Crippen molar-refractivity contribution in [3.05, 3.63) is 0 Å². The zero-order valence-corrected chi connectivity index (χ0v) is 8.54. The molecule has 1 aliphatic heterocycles. The second-order valence-corrected chi connectivity index (χ2v) is 4.53. The highest BCUT2D eigenvalue weighted by Gasteiger charge is 2.23. The number of amides is 1. The van der Waals surface area contributed by atoms with Crippen molar-refractivity contribution in [1.29, 1.82) is 0 Å². The maximum atomic E-state index is 11.4. The first-order chi connectivity index (χ1) is 6.74. The number of nitrogens with one attached hydrogen (secondary N) is 1. The van der Waals surface area contributed by atoms with Crippen LogP contribution in [0.25, 0.3) is 0 Å². The Hall–Kier alpha value is -0.610. The summed E-state index contributed by atoms with van der Waals surface area (Å²) >= 11 is 0. The quantitative estimate of drug-likeness (QED) is 0.641. The largest absolute Gasteiger partial charge is 0.355 e. The molecule has 4 heteroatoms. The number of nitrogens with two attached hydrogens (primary N) is 1. The summed E-state index contributed by atoms with van der Waals surface area (Å²) in [6, 6.07) is 0.270. The molecule has 0 aromatic carbocycles. The lowest BCUT2D eigenvalue weighted by Crippen LogP contribution is -2.38. The zero-order valence-electron chi connectivity index (χ0n) is 8.54. The lowest BCUT2D eigenvalue weighted by molar-refractivity contribution is -0.122. The number of nitrogens with zero attached hydrogens (tertiary/aromatic N) is 1. The van der Waals surface area contributed by atoms with Crippen LogP contribution in [0.5, 0.6) is 0 Å². The number of carbonyl (C=O) groups is 1. The third-order valence-corrected chi connectivity index (χ3v) is 2.96. The number of carbonyl (C=O) groups excluding carboxylic acids is 1. The van der Waals surface area contributed by atoms with Crippen LogP contribution in [0.1, 0.15) is 19.3 Å². The van der Waals surface area contributed by atoms with Crippen LogP contribution in [0.15, 0.2) is 0 Å². The van der Waals surface area contributed by atoms with Crippen molar-refractivity contribution in [1.82, 2.24) is 10.2 Å². The molecule has 4 nitrogen and oxygen atoms in total. The lowest BCUT2D eigenvalue weighted by Gasteiger charge is -2.14.